The van der Waals surface area contributed by atoms with E-state index in [4.69, 9.17) is 4.74 Å². The van der Waals surface area contributed by atoms with Crippen LogP contribution in [0.2, 0.25) is 0 Å². The molecule has 0 spiro atoms. The van der Waals surface area contributed by atoms with E-state index < -0.39 is 22.6 Å². The fraction of sp³-hybridized carbons (Fsp3) is 0.263. The zero-order chi connectivity index (χ0) is 20.0. The lowest BCUT2D eigenvalue weighted by molar-refractivity contribution is 0.0474. The Morgan fingerprint density at radius 3 is 2.22 bits per heavy atom. The summed E-state index contributed by atoms with van der Waals surface area (Å²) in [7, 11) is -3.68. The number of sulfonamides is 1. The van der Waals surface area contributed by atoms with Crippen molar-refractivity contribution in [3.05, 3.63) is 64.1 Å². The number of carbonyl (C=O) groups excluding carboxylic acids is 2. The molecule has 0 saturated heterocycles. The normalized spacial score (nSPS) is 11.4. The molecule has 0 radical (unpaired) electrons. The minimum atomic E-state index is -3.68. The first kappa shape index (κ1) is 21.3. The molecule has 0 unspecified atom stereocenters. The van der Waals surface area contributed by atoms with Crippen molar-refractivity contribution in [2.75, 3.05) is 19.7 Å². The number of benzene rings is 2. The summed E-state index contributed by atoms with van der Waals surface area (Å²) in [6.07, 6.45) is 0. The maximum Gasteiger partial charge on any atom is 0.338 e. The van der Waals surface area contributed by atoms with Gasteiger partial charge in [0.05, 0.1) is 10.5 Å². The van der Waals surface area contributed by atoms with Crippen LogP contribution in [0.5, 0.6) is 0 Å². The van der Waals surface area contributed by atoms with Crippen LogP contribution >= 0.6 is 15.9 Å². The largest absolute Gasteiger partial charge is 0.454 e. The molecule has 0 N–H and O–H groups in total. The maximum atomic E-state index is 12.6. The van der Waals surface area contributed by atoms with Crippen molar-refractivity contribution in [1.29, 1.82) is 0 Å². The smallest absolute Gasteiger partial charge is 0.338 e. The number of ketones is 1. The Hall–Kier alpha value is -2.03. The molecule has 0 heterocycles. The lowest BCUT2D eigenvalue weighted by atomic mass is 10.1. The number of esters is 1. The van der Waals surface area contributed by atoms with Crippen molar-refractivity contribution in [3.8, 4) is 0 Å². The van der Waals surface area contributed by atoms with Crippen LogP contribution in [-0.4, -0.2) is 44.2 Å². The van der Waals surface area contributed by atoms with Gasteiger partial charge in [0.2, 0.25) is 10.0 Å². The van der Waals surface area contributed by atoms with Crippen LogP contribution in [-0.2, 0) is 14.8 Å². The average Bonchev–Trinajstić information content (AvgIpc) is 2.67. The number of nitrogens with zero attached hydrogens (tertiary/aromatic N) is 1. The fourth-order valence-corrected chi connectivity index (χ4v) is 4.20. The Balaban J connectivity index is 2.11. The summed E-state index contributed by atoms with van der Waals surface area (Å²) in [6, 6.07) is 12.3. The van der Waals surface area contributed by atoms with E-state index in [0.717, 1.165) is 4.47 Å². The van der Waals surface area contributed by atoms with Crippen molar-refractivity contribution in [3.63, 3.8) is 0 Å². The molecule has 0 aliphatic heterocycles. The van der Waals surface area contributed by atoms with E-state index in [0.29, 0.717) is 18.7 Å². The van der Waals surface area contributed by atoms with Crippen molar-refractivity contribution in [1.82, 2.24) is 4.31 Å². The molecule has 144 valence electrons. The Bertz CT molecular complexity index is 921. The highest BCUT2D eigenvalue weighted by Crippen LogP contribution is 2.18. The number of rotatable bonds is 8. The summed E-state index contributed by atoms with van der Waals surface area (Å²) < 4.78 is 32.3. The quantitative estimate of drug-likeness (QED) is 0.451. The Morgan fingerprint density at radius 1 is 1.00 bits per heavy atom. The third-order valence-corrected chi connectivity index (χ3v) is 6.49. The number of carbonyl (C=O) groups is 2. The van der Waals surface area contributed by atoms with Crippen molar-refractivity contribution < 1.29 is 22.7 Å². The number of ether oxygens (including phenoxy) is 1. The molecule has 0 aliphatic carbocycles. The summed E-state index contributed by atoms with van der Waals surface area (Å²) >= 11 is 3.28. The van der Waals surface area contributed by atoms with Crippen LogP contribution in [0.3, 0.4) is 0 Å². The number of halogens is 1. The Kier molecular flexibility index (Phi) is 7.29. The van der Waals surface area contributed by atoms with Crippen LogP contribution in [0, 0.1) is 0 Å². The van der Waals surface area contributed by atoms with Crippen LogP contribution in [0.4, 0.5) is 0 Å². The molecule has 0 bridgehead atoms. The van der Waals surface area contributed by atoms with E-state index in [-0.39, 0.29) is 16.2 Å². The van der Waals surface area contributed by atoms with Gasteiger partial charge in [-0.3, -0.25) is 4.79 Å². The van der Waals surface area contributed by atoms with E-state index in [1.807, 2.05) is 0 Å². The van der Waals surface area contributed by atoms with Crippen LogP contribution in [0.25, 0.3) is 0 Å². The molecular formula is C19H20BrNO5S. The van der Waals surface area contributed by atoms with Crippen molar-refractivity contribution >= 4 is 37.7 Å². The van der Waals surface area contributed by atoms with E-state index in [1.54, 1.807) is 38.1 Å². The molecular weight excluding hydrogens is 434 g/mol. The van der Waals surface area contributed by atoms with Gasteiger partial charge in [0.1, 0.15) is 0 Å². The van der Waals surface area contributed by atoms with Gasteiger partial charge in [0.15, 0.2) is 12.4 Å². The second kappa shape index (κ2) is 9.25. The SMILES string of the molecule is CCN(CC)S(=O)(=O)c1cccc(C(=O)OCC(=O)c2ccc(Br)cc2)c1. The van der Waals surface area contributed by atoms with Gasteiger partial charge in [0, 0.05) is 23.1 Å². The van der Waals surface area contributed by atoms with Gasteiger partial charge >= 0.3 is 5.97 Å². The van der Waals surface area contributed by atoms with E-state index >= 15 is 0 Å². The number of hydrogen-bond acceptors (Lipinski definition) is 5. The van der Waals surface area contributed by atoms with Crippen molar-refractivity contribution in [2.45, 2.75) is 18.7 Å². The Labute approximate surface area is 167 Å². The summed E-state index contributed by atoms with van der Waals surface area (Å²) in [5, 5.41) is 0. The summed E-state index contributed by atoms with van der Waals surface area (Å²) in [5.74, 6) is -1.10. The second-order valence-corrected chi connectivity index (χ2v) is 8.48. The third kappa shape index (κ3) is 5.24. The molecule has 0 atom stereocenters. The molecule has 0 fully saturated rings. The topological polar surface area (TPSA) is 80.8 Å². The maximum absolute atomic E-state index is 12.6. The molecule has 8 heteroatoms. The first-order chi connectivity index (χ1) is 12.8. The molecule has 2 aromatic carbocycles. The second-order valence-electron chi connectivity index (χ2n) is 5.62. The molecule has 2 rings (SSSR count). The standard InChI is InChI=1S/C19H20BrNO5S/c1-3-21(4-2)27(24,25)17-7-5-6-15(12-17)19(23)26-13-18(22)14-8-10-16(20)11-9-14/h5-12H,3-4,13H2,1-2H3. The van der Waals surface area contributed by atoms with Crippen LogP contribution < -0.4 is 0 Å². The van der Waals surface area contributed by atoms with E-state index in [1.165, 1.54) is 28.6 Å². The first-order valence-electron chi connectivity index (χ1n) is 8.35. The minimum Gasteiger partial charge on any atom is -0.454 e. The molecule has 2 aromatic rings. The number of Topliss-reactive ketones (excluding diaryl/α,β-unsaturated/α-hetero) is 1. The Morgan fingerprint density at radius 2 is 1.63 bits per heavy atom. The molecule has 0 amide bonds. The molecule has 0 aliphatic rings. The highest BCUT2D eigenvalue weighted by Gasteiger charge is 2.23. The molecule has 0 aromatic heterocycles. The lowest BCUT2D eigenvalue weighted by Crippen LogP contribution is -2.30. The number of hydrogen-bond donors (Lipinski definition) is 0. The first-order valence-corrected chi connectivity index (χ1v) is 10.6. The zero-order valence-corrected chi connectivity index (χ0v) is 17.4. The van der Waals surface area contributed by atoms with Crippen molar-refractivity contribution in [2.24, 2.45) is 0 Å². The van der Waals surface area contributed by atoms with Gasteiger partial charge in [-0.2, -0.15) is 4.31 Å². The summed E-state index contributed by atoms with van der Waals surface area (Å²) in [5.41, 5.74) is 0.496. The van der Waals surface area contributed by atoms with Crippen LogP contribution in [0.15, 0.2) is 57.9 Å². The van der Waals surface area contributed by atoms with Gasteiger partial charge in [0.25, 0.3) is 0 Å². The third-order valence-electron chi connectivity index (χ3n) is 3.91. The van der Waals surface area contributed by atoms with Gasteiger partial charge in [-0.15, -0.1) is 0 Å². The lowest BCUT2D eigenvalue weighted by Gasteiger charge is -2.18. The van der Waals surface area contributed by atoms with Gasteiger partial charge in [-0.25, -0.2) is 13.2 Å². The predicted molar refractivity (Wildman–Crippen MR) is 105 cm³/mol. The molecule has 0 saturated carbocycles. The van der Waals surface area contributed by atoms with Crippen LogP contribution in [0.1, 0.15) is 34.6 Å². The zero-order valence-electron chi connectivity index (χ0n) is 15.0. The summed E-state index contributed by atoms with van der Waals surface area (Å²) in [4.78, 5) is 24.3. The average molecular weight is 454 g/mol. The van der Waals surface area contributed by atoms with E-state index in [9.17, 15) is 18.0 Å². The summed E-state index contributed by atoms with van der Waals surface area (Å²) in [6.45, 7) is 3.72. The highest BCUT2D eigenvalue weighted by molar-refractivity contribution is 9.10. The van der Waals surface area contributed by atoms with Gasteiger partial charge in [-0.05, 0) is 30.3 Å². The minimum absolute atomic E-state index is 0.0138. The highest BCUT2D eigenvalue weighted by atomic mass is 79.9. The fourth-order valence-electron chi connectivity index (χ4n) is 2.43. The van der Waals surface area contributed by atoms with Gasteiger partial charge < -0.3 is 4.74 Å². The molecule has 6 nitrogen and oxygen atoms in total. The monoisotopic (exact) mass is 453 g/mol. The van der Waals surface area contributed by atoms with Gasteiger partial charge in [-0.1, -0.05) is 48.0 Å². The van der Waals surface area contributed by atoms with E-state index in [2.05, 4.69) is 15.9 Å². The molecule has 27 heavy (non-hydrogen) atoms. The predicted octanol–water partition coefficient (Wildman–Crippen LogP) is 3.52.